The van der Waals surface area contributed by atoms with Gasteiger partial charge in [0.15, 0.2) is 0 Å². The number of ether oxygens (including phenoxy) is 1. The van der Waals surface area contributed by atoms with Gasteiger partial charge in [-0.1, -0.05) is 35.9 Å². The molecule has 0 fully saturated rings. The molecule has 2 aromatic carbocycles. The second-order valence-electron chi connectivity index (χ2n) is 4.33. The van der Waals surface area contributed by atoms with Gasteiger partial charge in [-0.15, -0.1) is 0 Å². The zero-order valence-corrected chi connectivity index (χ0v) is 11.7. The van der Waals surface area contributed by atoms with Crippen LogP contribution in [0.1, 0.15) is 22.7 Å². The van der Waals surface area contributed by atoms with Gasteiger partial charge in [-0.2, -0.15) is 0 Å². The van der Waals surface area contributed by atoms with Gasteiger partial charge in [-0.3, -0.25) is 5.84 Å². The number of benzene rings is 2. The Morgan fingerprint density at radius 3 is 2.42 bits per heavy atom. The van der Waals surface area contributed by atoms with Gasteiger partial charge in [0.05, 0.1) is 13.2 Å². The van der Waals surface area contributed by atoms with Gasteiger partial charge in [-0.25, -0.2) is 5.43 Å². The fourth-order valence-electron chi connectivity index (χ4n) is 2.10. The van der Waals surface area contributed by atoms with Crippen LogP contribution in [-0.2, 0) is 0 Å². The van der Waals surface area contributed by atoms with Gasteiger partial charge in [0.25, 0.3) is 0 Å². The molecule has 0 aliphatic rings. The maximum atomic E-state index is 6.16. The fraction of sp³-hybridized carbons (Fsp3) is 0.200. The Morgan fingerprint density at radius 2 is 1.84 bits per heavy atom. The van der Waals surface area contributed by atoms with E-state index in [1.54, 1.807) is 7.11 Å². The van der Waals surface area contributed by atoms with Crippen molar-refractivity contribution in [3.05, 3.63) is 64.2 Å². The van der Waals surface area contributed by atoms with Crippen molar-refractivity contribution in [2.45, 2.75) is 13.0 Å². The zero-order valence-electron chi connectivity index (χ0n) is 11.0. The lowest BCUT2D eigenvalue weighted by Crippen LogP contribution is -2.29. The highest BCUT2D eigenvalue weighted by molar-refractivity contribution is 6.31. The number of nitrogens with one attached hydrogen (secondary N) is 1. The van der Waals surface area contributed by atoms with Crippen LogP contribution in [0.4, 0.5) is 0 Å². The molecule has 0 saturated heterocycles. The van der Waals surface area contributed by atoms with E-state index in [0.29, 0.717) is 0 Å². The Labute approximate surface area is 118 Å². The van der Waals surface area contributed by atoms with E-state index < -0.39 is 0 Å². The Hall–Kier alpha value is -1.55. The van der Waals surface area contributed by atoms with Gasteiger partial charge in [0.1, 0.15) is 5.75 Å². The molecule has 0 aliphatic carbocycles. The Kier molecular flexibility index (Phi) is 4.43. The Balaban J connectivity index is 2.40. The molecule has 0 heterocycles. The monoisotopic (exact) mass is 276 g/mol. The molecule has 2 aromatic rings. The van der Waals surface area contributed by atoms with Gasteiger partial charge in [0, 0.05) is 5.02 Å². The largest absolute Gasteiger partial charge is 0.497 e. The van der Waals surface area contributed by atoms with Gasteiger partial charge < -0.3 is 4.74 Å². The van der Waals surface area contributed by atoms with Crippen LogP contribution in [0.5, 0.6) is 5.75 Å². The number of hydrogen-bond donors (Lipinski definition) is 2. The average Bonchev–Trinajstić information content (AvgIpc) is 2.45. The van der Waals surface area contributed by atoms with E-state index in [-0.39, 0.29) is 6.04 Å². The summed E-state index contributed by atoms with van der Waals surface area (Å²) in [4.78, 5) is 0. The standard InChI is InChI=1S/C15H17ClN2O/c1-10-13(4-3-5-14(10)16)15(18-17)11-6-8-12(19-2)9-7-11/h3-9,15,18H,17H2,1-2H3. The molecular formula is C15H17ClN2O. The lowest BCUT2D eigenvalue weighted by Gasteiger charge is -2.20. The van der Waals surface area contributed by atoms with E-state index in [0.717, 1.165) is 27.5 Å². The first-order valence-corrected chi connectivity index (χ1v) is 6.40. The van der Waals surface area contributed by atoms with Crippen molar-refractivity contribution in [3.63, 3.8) is 0 Å². The highest BCUT2D eigenvalue weighted by Gasteiger charge is 2.15. The lowest BCUT2D eigenvalue weighted by molar-refractivity contribution is 0.414. The van der Waals surface area contributed by atoms with Gasteiger partial charge >= 0.3 is 0 Å². The number of halogens is 1. The number of rotatable bonds is 4. The van der Waals surface area contributed by atoms with Gasteiger partial charge in [0.2, 0.25) is 0 Å². The van der Waals surface area contributed by atoms with Crippen LogP contribution in [0.25, 0.3) is 0 Å². The van der Waals surface area contributed by atoms with Crippen LogP contribution < -0.4 is 16.0 Å². The summed E-state index contributed by atoms with van der Waals surface area (Å²) >= 11 is 6.16. The minimum atomic E-state index is -0.0930. The first-order valence-electron chi connectivity index (χ1n) is 6.02. The Morgan fingerprint density at radius 1 is 1.16 bits per heavy atom. The summed E-state index contributed by atoms with van der Waals surface area (Å²) in [7, 11) is 1.65. The number of nitrogens with two attached hydrogens (primary N) is 1. The number of hydrazine groups is 1. The second kappa shape index (κ2) is 6.06. The summed E-state index contributed by atoms with van der Waals surface area (Å²) in [5.41, 5.74) is 6.00. The van der Waals surface area contributed by atoms with E-state index in [1.807, 2.05) is 49.4 Å². The number of methoxy groups -OCH3 is 1. The van der Waals surface area contributed by atoms with Crippen molar-refractivity contribution >= 4 is 11.6 Å². The number of hydrogen-bond acceptors (Lipinski definition) is 3. The molecule has 1 atom stereocenters. The molecule has 4 heteroatoms. The van der Waals surface area contributed by atoms with E-state index >= 15 is 0 Å². The van der Waals surface area contributed by atoms with Crippen LogP contribution in [0, 0.1) is 6.92 Å². The molecule has 0 aromatic heterocycles. The molecule has 0 amide bonds. The summed E-state index contributed by atoms with van der Waals surface area (Å²) in [6.45, 7) is 1.99. The predicted octanol–water partition coefficient (Wildman–Crippen LogP) is 3.21. The SMILES string of the molecule is COc1ccc(C(NN)c2cccc(Cl)c2C)cc1. The normalized spacial score (nSPS) is 12.2. The topological polar surface area (TPSA) is 47.3 Å². The average molecular weight is 277 g/mol. The maximum Gasteiger partial charge on any atom is 0.118 e. The highest BCUT2D eigenvalue weighted by atomic mass is 35.5. The first kappa shape index (κ1) is 13.9. The minimum Gasteiger partial charge on any atom is -0.497 e. The molecule has 0 saturated carbocycles. The van der Waals surface area contributed by atoms with Crippen LogP contribution in [0.3, 0.4) is 0 Å². The third kappa shape index (κ3) is 2.89. The van der Waals surface area contributed by atoms with E-state index in [4.69, 9.17) is 22.2 Å². The lowest BCUT2D eigenvalue weighted by atomic mass is 9.95. The van der Waals surface area contributed by atoms with E-state index in [1.165, 1.54) is 0 Å². The molecule has 0 aliphatic heterocycles. The summed E-state index contributed by atoms with van der Waals surface area (Å²) in [6, 6.07) is 13.5. The van der Waals surface area contributed by atoms with Crippen LogP contribution in [0.2, 0.25) is 5.02 Å². The third-order valence-corrected chi connectivity index (χ3v) is 3.65. The van der Waals surface area contributed by atoms with E-state index in [2.05, 4.69) is 5.43 Å². The molecule has 0 spiro atoms. The molecule has 0 radical (unpaired) electrons. The first-order chi connectivity index (χ1) is 9.17. The fourth-order valence-corrected chi connectivity index (χ4v) is 2.28. The molecule has 19 heavy (non-hydrogen) atoms. The van der Waals surface area contributed by atoms with Crippen molar-refractivity contribution in [2.75, 3.05) is 7.11 Å². The molecule has 1 unspecified atom stereocenters. The van der Waals surface area contributed by atoms with Crippen molar-refractivity contribution in [1.29, 1.82) is 0 Å². The Bertz CT molecular complexity index is 555. The van der Waals surface area contributed by atoms with Gasteiger partial charge in [-0.05, 0) is 41.8 Å². The van der Waals surface area contributed by atoms with Crippen molar-refractivity contribution in [2.24, 2.45) is 5.84 Å². The quantitative estimate of drug-likeness (QED) is 0.666. The molecule has 0 bridgehead atoms. The summed E-state index contributed by atoms with van der Waals surface area (Å²) in [6.07, 6.45) is 0. The molecule has 100 valence electrons. The maximum absolute atomic E-state index is 6.16. The molecule has 3 nitrogen and oxygen atoms in total. The van der Waals surface area contributed by atoms with Crippen LogP contribution >= 0.6 is 11.6 Å². The zero-order chi connectivity index (χ0) is 13.8. The predicted molar refractivity (Wildman–Crippen MR) is 78.3 cm³/mol. The van der Waals surface area contributed by atoms with Crippen molar-refractivity contribution < 1.29 is 4.74 Å². The second-order valence-corrected chi connectivity index (χ2v) is 4.73. The van der Waals surface area contributed by atoms with Crippen LogP contribution in [-0.4, -0.2) is 7.11 Å². The molecular weight excluding hydrogens is 260 g/mol. The smallest absolute Gasteiger partial charge is 0.118 e. The molecule has 3 N–H and O–H groups in total. The highest BCUT2D eigenvalue weighted by Crippen LogP contribution is 2.29. The molecule has 2 rings (SSSR count). The van der Waals surface area contributed by atoms with Crippen molar-refractivity contribution in [3.8, 4) is 5.75 Å². The van der Waals surface area contributed by atoms with Crippen molar-refractivity contribution in [1.82, 2.24) is 5.43 Å². The van der Waals surface area contributed by atoms with Crippen LogP contribution in [0.15, 0.2) is 42.5 Å². The summed E-state index contributed by atoms with van der Waals surface area (Å²) in [5.74, 6) is 6.52. The summed E-state index contributed by atoms with van der Waals surface area (Å²) < 4.78 is 5.16. The van der Waals surface area contributed by atoms with E-state index in [9.17, 15) is 0 Å². The third-order valence-electron chi connectivity index (χ3n) is 3.24. The summed E-state index contributed by atoms with van der Waals surface area (Å²) in [5, 5.41) is 0.742. The minimum absolute atomic E-state index is 0.0930.